The third-order valence-electron chi connectivity index (χ3n) is 4.71. The summed E-state index contributed by atoms with van der Waals surface area (Å²) in [7, 11) is 0. The number of anilines is 1. The topological polar surface area (TPSA) is 70.7 Å². The van der Waals surface area contributed by atoms with Crippen molar-refractivity contribution in [2.75, 3.05) is 5.32 Å². The number of nitrogens with zero attached hydrogens (tertiary/aromatic N) is 3. The van der Waals surface area contributed by atoms with Gasteiger partial charge in [0.15, 0.2) is 0 Å². The van der Waals surface area contributed by atoms with E-state index in [4.69, 9.17) is 0 Å². The molecule has 25 heavy (non-hydrogen) atoms. The Morgan fingerprint density at radius 2 is 2.16 bits per heavy atom. The normalized spacial score (nSPS) is 14.7. The van der Waals surface area contributed by atoms with Gasteiger partial charge in [-0.25, -0.2) is 0 Å². The molecule has 3 rings (SSSR count). The summed E-state index contributed by atoms with van der Waals surface area (Å²) in [5, 5.41) is 17.7. The molecule has 0 spiro atoms. The van der Waals surface area contributed by atoms with Gasteiger partial charge in [0, 0.05) is 10.6 Å². The largest absolute Gasteiger partial charge is 0.316 e. The number of hydrogen-bond donors (Lipinski definition) is 1. The Bertz CT molecular complexity index is 862. The lowest BCUT2D eigenvalue weighted by atomic mass is 9.96. The van der Waals surface area contributed by atoms with Gasteiger partial charge in [-0.1, -0.05) is 6.92 Å². The van der Waals surface area contributed by atoms with Gasteiger partial charge >= 0.3 is 0 Å². The van der Waals surface area contributed by atoms with Crippen LogP contribution in [0.25, 0.3) is 0 Å². The van der Waals surface area contributed by atoms with Crippen molar-refractivity contribution in [1.82, 2.24) is 9.78 Å². The molecule has 1 N–H and O–H groups in total. The summed E-state index contributed by atoms with van der Waals surface area (Å²) in [4.78, 5) is 13.9. The lowest BCUT2D eigenvalue weighted by Crippen LogP contribution is -2.25. The molecule has 132 valence electrons. The third-order valence-corrected chi connectivity index (χ3v) is 7.06. The molecule has 0 aliphatic heterocycles. The molecular weight excluding hydrogens is 400 g/mol. The van der Waals surface area contributed by atoms with Gasteiger partial charge in [0.05, 0.1) is 28.2 Å². The van der Waals surface area contributed by atoms with Crippen molar-refractivity contribution < 1.29 is 4.79 Å². The number of nitriles is 1. The van der Waals surface area contributed by atoms with Crippen molar-refractivity contribution in [2.24, 2.45) is 5.92 Å². The number of nitrogens with one attached hydrogen (secondary N) is 1. The van der Waals surface area contributed by atoms with E-state index in [2.05, 4.69) is 32.4 Å². The molecule has 1 aliphatic rings. The monoisotopic (exact) mass is 420 g/mol. The number of halogens is 1. The first-order valence-corrected chi connectivity index (χ1v) is 10.1. The highest BCUT2D eigenvalue weighted by molar-refractivity contribution is 9.10. The summed E-state index contributed by atoms with van der Waals surface area (Å²) in [6, 6.07) is 2.29. The third kappa shape index (κ3) is 3.51. The number of thiophene rings is 1. The molecule has 0 unspecified atom stereocenters. The smallest absolute Gasteiger partial charge is 0.229 e. The van der Waals surface area contributed by atoms with Crippen LogP contribution < -0.4 is 5.32 Å². The highest BCUT2D eigenvalue weighted by Crippen LogP contribution is 2.37. The van der Waals surface area contributed by atoms with Crippen molar-refractivity contribution in [3.63, 3.8) is 0 Å². The van der Waals surface area contributed by atoms with E-state index in [1.165, 1.54) is 4.88 Å². The first-order chi connectivity index (χ1) is 11.9. The molecule has 1 amide bonds. The number of carbonyl (C=O) groups excluding carboxylic acids is 1. The number of aromatic nitrogens is 2. The first kappa shape index (κ1) is 18.2. The summed E-state index contributed by atoms with van der Waals surface area (Å²) in [6.07, 6.45) is 4.24. The van der Waals surface area contributed by atoms with Crippen LogP contribution in [0.2, 0.25) is 0 Å². The number of rotatable bonds is 4. The number of carbonyl (C=O) groups is 1. The van der Waals surface area contributed by atoms with Gasteiger partial charge in [0.25, 0.3) is 0 Å². The van der Waals surface area contributed by atoms with E-state index < -0.39 is 0 Å². The van der Waals surface area contributed by atoms with Crippen LogP contribution in [0.15, 0.2) is 4.47 Å². The molecular formula is C18H21BrN4OS. The minimum atomic E-state index is -0.240. The second kappa shape index (κ2) is 7.30. The van der Waals surface area contributed by atoms with E-state index in [0.717, 1.165) is 47.1 Å². The molecule has 0 radical (unpaired) electrons. The number of amides is 1. The molecule has 0 aromatic carbocycles. The zero-order valence-electron chi connectivity index (χ0n) is 14.6. The molecule has 1 atom stereocenters. The van der Waals surface area contributed by atoms with Gasteiger partial charge < -0.3 is 5.32 Å². The Morgan fingerprint density at radius 3 is 2.80 bits per heavy atom. The molecule has 5 nitrogen and oxygen atoms in total. The van der Waals surface area contributed by atoms with Crippen LogP contribution in [-0.4, -0.2) is 15.7 Å². The van der Waals surface area contributed by atoms with Crippen molar-refractivity contribution in [1.29, 1.82) is 5.26 Å². The van der Waals surface area contributed by atoms with Crippen molar-refractivity contribution in [3.8, 4) is 6.07 Å². The second-order valence-electron chi connectivity index (χ2n) is 6.58. The van der Waals surface area contributed by atoms with Crippen LogP contribution in [0.5, 0.6) is 0 Å². The molecule has 0 fully saturated rings. The van der Waals surface area contributed by atoms with E-state index in [1.807, 2.05) is 25.5 Å². The molecule has 0 saturated heterocycles. The van der Waals surface area contributed by atoms with Gasteiger partial charge in [0.2, 0.25) is 5.91 Å². The highest BCUT2D eigenvalue weighted by Gasteiger charge is 2.24. The predicted octanol–water partition coefficient (Wildman–Crippen LogP) is 4.35. The van der Waals surface area contributed by atoms with E-state index in [9.17, 15) is 10.1 Å². The lowest BCUT2D eigenvalue weighted by molar-refractivity contribution is -0.119. The zero-order chi connectivity index (χ0) is 18.1. The molecule has 0 saturated carbocycles. The van der Waals surface area contributed by atoms with Crippen molar-refractivity contribution in [2.45, 2.75) is 53.0 Å². The Balaban J connectivity index is 1.75. The summed E-state index contributed by atoms with van der Waals surface area (Å²) in [5.74, 6) is -0.311. The van der Waals surface area contributed by atoms with Crippen molar-refractivity contribution >= 4 is 38.2 Å². The Kier molecular flexibility index (Phi) is 5.30. The molecule has 2 aromatic heterocycles. The van der Waals surface area contributed by atoms with Crippen LogP contribution in [0.3, 0.4) is 0 Å². The minimum absolute atomic E-state index is 0.0706. The SMILES string of the molecule is Cc1nn(C[C@@H](C)C(=O)Nc2sc3c(c2C#N)CCCC3)c(C)c1Br. The number of hydrogen-bond acceptors (Lipinski definition) is 4. The number of fused-ring (bicyclic) bond motifs is 1. The van der Waals surface area contributed by atoms with E-state index >= 15 is 0 Å². The molecule has 1 aliphatic carbocycles. The highest BCUT2D eigenvalue weighted by atomic mass is 79.9. The van der Waals surface area contributed by atoms with Gasteiger partial charge in [0.1, 0.15) is 11.1 Å². The maximum atomic E-state index is 12.6. The fraction of sp³-hybridized carbons (Fsp3) is 0.500. The molecule has 0 bridgehead atoms. The average Bonchev–Trinajstić information content (AvgIpc) is 3.06. The minimum Gasteiger partial charge on any atom is -0.316 e. The van der Waals surface area contributed by atoms with Gasteiger partial charge in [-0.15, -0.1) is 11.3 Å². The Hall–Kier alpha value is -1.65. The summed E-state index contributed by atoms with van der Waals surface area (Å²) >= 11 is 5.08. The first-order valence-electron chi connectivity index (χ1n) is 8.47. The van der Waals surface area contributed by atoms with Crippen LogP contribution in [-0.2, 0) is 24.2 Å². The van der Waals surface area contributed by atoms with E-state index in [0.29, 0.717) is 17.1 Å². The quantitative estimate of drug-likeness (QED) is 0.798. The van der Waals surface area contributed by atoms with Crippen LogP contribution in [0, 0.1) is 31.1 Å². The fourth-order valence-corrected chi connectivity index (χ4v) is 4.73. The van der Waals surface area contributed by atoms with Crippen LogP contribution >= 0.6 is 27.3 Å². The van der Waals surface area contributed by atoms with Gasteiger partial charge in [-0.2, -0.15) is 10.4 Å². The lowest BCUT2D eigenvalue weighted by Gasteiger charge is -2.13. The predicted molar refractivity (Wildman–Crippen MR) is 103 cm³/mol. The molecule has 2 heterocycles. The summed E-state index contributed by atoms with van der Waals surface area (Å²) in [6.45, 7) is 6.32. The van der Waals surface area contributed by atoms with E-state index in [1.54, 1.807) is 11.3 Å². The number of aryl methyl sites for hydroxylation is 2. The van der Waals surface area contributed by atoms with Crippen LogP contribution in [0.1, 0.15) is 47.2 Å². The van der Waals surface area contributed by atoms with Crippen molar-refractivity contribution in [3.05, 3.63) is 31.9 Å². The zero-order valence-corrected chi connectivity index (χ0v) is 17.1. The van der Waals surface area contributed by atoms with Gasteiger partial charge in [-0.05, 0) is 61.0 Å². The van der Waals surface area contributed by atoms with E-state index in [-0.39, 0.29) is 11.8 Å². The molecule has 7 heteroatoms. The fourth-order valence-electron chi connectivity index (χ4n) is 3.20. The standard InChI is InChI=1S/C18H21BrN4OS/c1-10(9-23-12(3)16(19)11(2)22-23)17(24)21-18-14(8-20)13-6-4-5-7-15(13)25-18/h10H,4-7,9H2,1-3H3,(H,21,24)/t10-/m1/s1. The summed E-state index contributed by atoms with van der Waals surface area (Å²) in [5.41, 5.74) is 3.74. The Labute approximate surface area is 160 Å². The maximum Gasteiger partial charge on any atom is 0.229 e. The van der Waals surface area contributed by atoms with Crippen LogP contribution in [0.4, 0.5) is 5.00 Å². The van der Waals surface area contributed by atoms with Gasteiger partial charge in [-0.3, -0.25) is 9.48 Å². The Morgan fingerprint density at radius 1 is 1.44 bits per heavy atom. The average molecular weight is 421 g/mol. The molecule has 2 aromatic rings. The summed E-state index contributed by atoms with van der Waals surface area (Å²) < 4.78 is 2.84. The second-order valence-corrected chi connectivity index (χ2v) is 8.48. The maximum absolute atomic E-state index is 12.6.